The Kier molecular flexibility index (Phi) is 5.13. The fourth-order valence-corrected chi connectivity index (χ4v) is 6.15. The Balaban J connectivity index is 1.68. The predicted molar refractivity (Wildman–Crippen MR) is 166 cm³/mol. The average Bonchev–Trinajstić information content (AvgIpc) is 2.94. The van der Waals surface area contributed by atoms with Crippen LogP contribution in [0.1, 0.15) is 26.3 Å². The lowest BCUT2D eigenvalue weighted by Gasteiger charge is -2.26. The van der Waals surface area contributed by atoms with E-state index in [1.165, 1.54) is 70.9 Å². The van der Waals surface area contributed by atoms with Crippen molar-refractivity contribution >= 4 is 43.1 Å². The van der Waals surface area contributed by atoms with Crippen LogP contribution in [-0.2, 0) is 5.41 Å². The van der Waals surface area contributed by atoms with E-state index in [1.807, 2.05) is 0 Å². The first kappa shape index (κ1) is 22.8. The molecule has 0 fully saturated rings. The Morgan fingerprint density at radius 2 is 0.868 bits per heavy atom. The molecule has 0 aliphatic rings. The number of rotatable bonds is 2. The lowest BCUT2D eigenvalue weighted by atomic mass is 9.77. The van der Waals surface area contributed by atoms with E-state index in [4.69, 9.17) is 0 Å². The molecule has 0 aromatic heterocycles. The molecule has 0 nitrogen and oxygen atoms in total. The van der Waals surface area contributed by atoms with Crippen molar-refractivity contribution in [2.24, 2.45) is 0 Å². The molecular weight excluding hydrogens is 456 g/mol. The van der Waals surface area contributed by atoms with Crippen LogP contribution in [0.25, 0.3) is 65.3 Å². The van der Waals surface area contributed by atoms with Crippen LogP contribution in [0, 0.1) is 0 Å². The standard InChI is InChI=1S/C38H30/c1-38(2,3)34-18-10-17-33-35(29-21-19-25-11-4-6-13-27(25)23-29)31-15-8-9-16-32(31)36(37(33)34)30-22-20-26-12-5-7-14-28(26)24-30/h4-24H,1-3H3. The van der Waals surface area contributed by atoms with Crippen molar-refractivity contribution in [3.05, 3.63) is 133 Å². The summed E-state index contributed by atoms with van der Waals surface area (Å²) < 4.78 is 0. The third kappa shape index (κ3) is 3.60. The Morgan fingerprint density at radius 1 is 0.395 bits per heavy atom. The van der Waals surface area contributed by atoms with E-state index in [-0.39, 0.29) is 5.41 Å². The molecule has 0 heterocycles. The Bertz CT molecular complexity index is 2000. The first-order valence-electron chi connectivity index (χ1n) is 13.5. The molecule has 7 aromatic rings. The second-order valence-electron chi connectivity index (χ2n) is 11.4. The largest absolute Gasteiger partial charge is 0.0616 e. The van der Waals surface area contributed by atoms with Crippen molar-refractivity contribution in [2.75, 3.05) is 0 Å². The normalized spacial score (nSPS) is 12.1. The van der Waals surface area contributed by atoms with E-state index in [0.29, 0.717) is 0 Å². The number of fused-ring (bicyclic) bond motifs is 4. The van der Waals surface area contributed by atoms with Crippen molar-refractivity contribution in [1.82, 2.24) is 0 Å². The smallest absolute Gasteiger partial charge is 0.00232 e. The Hall–Kier alpha value is -4.42. The van der Waals surface area contributed by atoms with Gasteiger partial charge < -0.3 is 0 Å². The van der Waals surface area contributed by atoms with Crippen LogP contribution < -0.4 is 0 Å². The minimum Gasteiger partial charge on any atom is -0.0616 e. The highest BCUT2D eigenvalue weighted by Crippen LogP contribution is 2.47. The maximum atomic E-state index is 2.37. The molecule has 0 bridgehead atoms. The summed E-state index contributed by atoms with van der Waals surface area (Å²) in [6.07, 6.45) is 0. The quantitative estimate of drug-likeness (QED) is 0.213. The van der Waals surface area contributed by atoms with Crippen LogP contribution in [0.2, 0.25) is 0 Å². The summed E-state index contributed by atoms with van der Waals surface area (Å²) in [6.45, 7) is 6.99. The predicted octanol–water partition coefficient (Wildman–Crippen LogP) is 10.9. The van der Waals surface area contributed by atoms with Crippen LogP contribution in [-0.4, -0.2) is 0 Å². The van der Waals surface area contributed by atoms with Crippen LogP contribution in [0.4, 0.5) is 0 Å². The molecule has 182 valence electrons. The highest BCUT2D eigenvalue weighted by Gasteiger charge is 2.24. The molecule has 0 unspecified atom stereocenters. The third-order valence-corrected chi connectivity index (χ3v) is 7.93. The lowest BCUT2D eigenvalue weighted by molar-refractivity contribution is 0.596. The summed E-state index contributed by atoms with van der Waals surface area (Å²) in [5, 5.41) is 10.4. The molecule has 0 radical (unpaired) electrons. The van der Waals surface area contributed by atoms with E-state index in [9.17, 15) is 0 Å². The zero-order valence-corrected chi connectivity index (χ0v) is 22.1. The van der Waals surface area contributed by atoms with Gasteiger partial charge in [-0.15, -0.1) is 0 Å². The summed E-state index contributed by atoms with van der Waals surface area (Å²) in [5.41, 5.74) is 6.56. The summed E-state index contributed by atoms with van der Waals surface area (Å²) in [6, 6.07) is 47.0. The average molecular weight is 487 g/mol. The van der Waals surface area contributed by atoms with Gasteiger partial charge in [0.15, 0.2) is 0 Å². The van der Waals surface area contributed by atoms with Crippen LogP contribution >= 0.6 is 0 Å². The van der Waals surface area contributed by atoms with Gasteiger partial charge in [-0.1, -0.05) is 136 Å². The van der Waals surface area contributed by atoms with Crippen molar-refractivity contribution in [2.45, 2.75) is 26.2 Å². The van der Waals surface area contributed by atoms with Crippen molar-refractivity contribution < 1.29 is 0 Å². The van der Waals surface area contributed by atoms with Gasteiger partial charge in [-0.25, -0.2) is 0 Å². The topological polar surface area (TPSA) is 0 Å². The Morgan fingerprint density at radius 3 is 1.45 bits per heavy atom. The van der Waals surface area contributed by atoms with Gasteiger partial charge in [0.1, 0.15) is 0 Å². The minimum absolute atomic E-state index is 0.00573. The van der Waals surface area contributed by atoms with E-state index in [1.54, 1.807) is 0 Å². The molecule has 0 saturated carbocycles. The number of hydrogen-bond donors (Lipinski definition) is 0. The summed E-state index contributed by atoms with van der Waals surface area (Å²) >= 11 is 0. The second-order valence-corrected chi connectivity index (χ2v) is 11.4. The van der Waals surface area contributed by atoms with Gasteiger partial charge in [-0.05, 0) is 88.5 Å². The van der Waals surface area contributed by atoms with Gasteiger partial charge >= 0.3 is 0 Å². The summed E-state index contributed by atoms with van der Waals surface area (Å²) in [7, 11) is 0. The van der Waals surface area contributed by atoms with E-state index in [2.05, 4.69) is 148 Å². The third-order valence-electron chi connectivity index (χ3n) is 7.93. The van der Waals surface area contributed by atoms with Gasteiger partial charge in [0.2, 0.25) is 0 Å². The van der Waals surface area contributed by atoms with Gasteiger partial charge in [-0.2, -0.15) is 0 Å². The molecule has 0 atom stereocenters. The van der Waals surface area contributed by atoms with Crippen molar-refractivity contribution in [3.8, 4) is 22.3 Å². The zero-order chi connectivity index (χ0) is 25.9. The number of hydrogen-bond acceptors (Lipinski definition) is 0. The highest BCUT2D eigenvalue weighted by molar-refractivity contribution is 6.23. The molecule has 0 saturated heterocycles. The molecule has 0 aliphatic carbocycles. The van der Waals surface area contributed by atoms with Gasteiger partial charge in [0, 0.05) is 0 Å². The fraction of sp³-hybridized carbons (Fsp3) is 0.105. The molecule has 0 N–H and O–H groups in total. The van der Waals surface area contributed by atoms with E-state index < -0.39 is 0 Å². The highest BCUT2D eigenvalue weighted by atomic mass is 14.3. The lowest BCUT2D eigenvalue weighted by Crippen LogP contribution is -2.12. The van der Waals surface area contributed by atoms with E-state index in [0.717, 1.165) is 0 Å². The zero-order valence-electron chi connectivity index (χ0n) is 22.1. The minimum atomic E-state index is -0.00573. The SMILES string of the molecule is CC(C)(C)c1cccc2c(-c3ccc4ccccc4c3)c3ccccc3c(-c3ccc4ccccc4c3)c12. The molecule has 0 spiro atoms. The maximum Gasteiger partial charge on any atom is -0.00232 e. The molecule has 38 heavy (non-hydrogen) atoms. The first-order chi connectivity index (χ1) is 18.5. The van der Waals surface area contributed by atoms with Crippen LogP contribution in [0.15, 0.2) is 127 Å². The van der Waals surface area contributed by atoms with Gasteiger partial charge in [0.25, 0.3) is 0 Å². The Labute approximate surface area is 224 Å². The molecular formula is C38H30. The number of benzene rings is 7. The van der Waals surface area contributed by atoms with Crippen LogP contribution in [0.5, 0.6) is 0 Å². The molecule has 7 aromatic carbocycles. The second kappa shape index (κ2) is 8.57. The maximum absolute atomic E-state index is 2.37. The fourth-order valence-electron chi connectivity index (χ4n) is 6.15. The van der Waals surface area contributed by atoms with Crippen molar-refractivity contribution in [3.63, 3.8) is 0 Å². The molecule has 7 rings (SSSR count). The monoisotopic (exact) mass is 486 g/mol. The van der Waals surface area contributed by atoms with Crippen LogP contribution in [0.3, 0.4) is 0 Å². The van der Waals surface area contributed by atoms with Gasteiger partial charge in [-0.3, -0.25) is 0 Å². The van der Waals surface area contributed by atoms with Gasteiger partial charge in [0.05, 0.1) is 0 Å². The molecule has 0 aliphatic heterocycles. The van der Waals surface area contributed by atoms with Crippen molar-refractivity contribution in [1.29, 1.82) is 0 Å². The van der Waals surface area contributed by atoms with E-state index >= 15 is 0 Å². The molecule has 0 heteroatoms. The molecule has 0 amide bonds. The summed E-state index contributed by atoms with van der Waals surface area (Å²) in [5.74, 6) is 0. The summed E-state index contributed by atoms with van der Waals surface area (Å²) in [4.78, 5) is 0. The first-order valence-corrected chi connectivity index (χ1v) is 13.5.